The van der Waals surface area contributed by atoms with Gasteiger partial charge in [0.05, 0.1) is 4.92 Å². The maximum atomic E-state index is 11.2. The smallest absolute Gasteiger partial charge is 0.269 e. The van der Waals surface area contributed by atoms with E-state index in [-0.39, 0.29) is 16.4 Å². The van der Waals surface area contributed by atoms with Gasteiger partial charge in [-0.25, -0.2) is 0 Å². The lowest BCUT2D eigenvalue weighted by molar-refractivity contribution is -0.384. The Morgan fingerprint density at radius 1 is 1.33 bits per heavy atom. The summed E-state index contributed by atoms with van der Waals surface area (Å²) in [5.74, 6) is 0.658. The molecule has 0 heterocycles. The lowest BCUT2D eigenvalue weighted by Gasteiger charge is -2.10. The van der Waals surface area contributed by atoms with Crippen molar-refractivity contribution in [3.8, 4) is 0 Å². The zero-order chi connectivity index (χ0) is 13.1. The van der Waals surface area contributed by atoms with Gasteiger partial charge in [0.25, 0.3) is 5.69 Å². The van der Waals surface area contributed by atoms with Crippen LogP contribution < -0.4 is 0 Å². The second-order valence-electron chi connectivity index (χ2n) is 5.06. The van der Waals surface area contributed by atoms with Crippen LogP contribution in [-0.4, -0.2) is 10.7 Å². The maximum absolute atomic E-state index is 11.2. The number of nitro groups is 1. The van der Waals surface area contributed by atoms with Crippen molar-refractivity contribution in [1.29, 1.82) is 0 Å². The van der Waals surface area contributed by atoms with Gasteiger partial charge in [-0.3, -0.25) is 10.1 Å². The third kappa shape index (κ3) is 2.94. The van der Waals surface area contributed by atoms with Crippen molar-refractivity contribution >= 4 is 11.5 Å². The number of hydrogen-bond donors (Lipinski definition) is 0. The number of non-ortho nitro benzene ring substituents is 1. The quantitative estimate of drug-likeness (QED) is 0.468. The first kappa shape index (κ1) is 12.7. The summed E-state index contributed by atoms with van der Waals surface area (Å²) in [6.07, 6.45) is 4.36. The van der Waals surface area contributed by atoms with Gasteiger partial charge in [-0.1, -0.05) is 6.07 Å². The van der Waals surface area contributed by atoms with Crippen LogP contribution >= 0.6 is 0 Å². The maximum Gasteiger partial charge on any atom is 0.269 e. The number of rotatable bonds is 3. The van der Waals surface area contributed by atoms with Crippen LogP contribution in [0.2, 0.25) is 0 Å². The molecule has 96 valence electrons. The summed E-state index contributed by atoms with van der Waals surface area (Å²) >= 11 is 0. The SMILES string of the molecule is CC(=O)CC1CCc2ccc([N+](=O)[O-])cc2CC1. The van der Waals surface area contributed by atoms with E-state index in [0.29, 0.717) is 12.3 Å². The number of carbonyl (C=O) groups excluding carboxylic acids is 1. The largest absolute Gasteiger partial charge is 0.300 e. The molecule has 1 aromatic carbocycles. The standard InChI is InChI=1S/C14H17NO3/c1-10(16)8-11-2-4-12-6-7-14(15(17)18)9-13(12)5-3-11/h6-7,9,11H,2-5,8H2,1H3. The van der Waals surface area contributed by atoms with E-state index in [1.54, 1.807) is 19.1 Å². The molecule has 4 nitrogen and oxygen atoms in total. The number of ketones is 1. The Labute approximate surface area is 106 Å². The Hall–Kier alpha value is -1.71. The topological polar surface area (TPSA) is 60.2 Å². The van der Waals surface area contributed by atoms with Crippen molar-refractivity contribution in [3.63, 3.8) is 0 Å². The molecule has 2 rings (SSSR count). The highest BCUT2D eigenvalue weighted by Gasteiger charge is 2.19. The highest BCUT2D eigenvalue weighted by atomic mass is 16.6. The van der Waals surface area contributed by atoms with Crippen molar-refractivity contribution in [2.75, 3.05) is 0 Å². The fraction of sp³-hybridized carbons (Fsp3) is 0.500. The molecule has 0 bridgehead atoms. The van der Waals surface area contributed by atoms with E-state index in [0.717, 1.165) is 31.2 Å². The Morgan fingerprint density at radius 3 is 2.61 bits per heavy atom. The first-order chi connectivity index (χ1) is 8.56. The molecular weight excluding hydrogens is 230 g/mol. The van der Waals surface area contributed by atoms with E-state index >= 15 is 0 Å². The van der Waals surface area contributed by atoms with Crippen LogP contribution in [-0.2, 0) is 17.6 Å². The van der Waals surface area contributed by atoms with Gasteiger partial charge < -0.3 is 4.79 Å². The molecule has 0 N–H and O–H groups in total. The fourth-order valence-electron chi connectivity index (χ4n) is 2.68. The van der Waals surface area contributed by atoms with Crippen LogP contribution in [0.4, 0.5) is 5.69 Å². The molecule has 0 saturated carbocycles. The highest BCUT2D eigenvalue weighted by Crippen LogP contribution is 2.29. The molecule has 0 saturated heterocycles. The second-order valence-corrected chi connectivity index (χ2v) is 5.06. The molecular formula is C14H17NO3. The van der Waals surface area contributed by atoms with Gasteiger partial charge in [0.1, 0.15) is 5.78 Å². The Kier molecular flexibility index (Phi) is 3.75. The molecule has 0 fully saturated rings. The minimum Gasteiger partial charge on any atom is -0.300 e. The zero-order valence-corrected chi connectivity index (χ0v) is 10.5. The average molecular weight is 247 g/mol. The van der Waals surface area contributed by atoms with Gasteiger partial charge in [0.15, 0.2) is 0 Å². The van der Waals surface area contributed by atoms with E-state index in [9.17, 15) is 14.9 Å². The van der Waals surface area contributed by atoms with Crippen molar-refractivity contribution < 1.29 is 9.72 Å². The predicted molar refractivity (Wildman–Crippen MR) is 68.5 cm³/mol. The zero-order valence-electron chi connectivity index (χ0n) is 10.5. The summed E-state index contributed by atoms with van der Waals surface area (Å²) in [7, 11) is 0. The van der Waals surface area contributed by atoms with E-state index in [2.05, 4.69) is 0 Å². The number of aryl methyl sites for hydroxylation is 2. The van der Waals surface area contributed by atoms with Crippen LogP contribution in [0.5, 0.6) is 0 Å². The highest BCUT2D eigenvalue weighted by molar-refractivity contribution is 5.75. The van der Waals surface area contributed by atoms with Crippen molar-refractivity contribution in [2.24, 2.45) is 5.92 Å². The second kappa shape index (κ2) is 5.29. The Morgan fingerprint density at radius 2 is 2.00 bits per heavy atom. The number of hydrogen-bond acceptors (Lipinski definition) is 3. The number of carbonyl (C=O) groups is 1. The summed E-state index contributed by atoms with van der Waals surface area (Å²) < 4.78 is 0. The summed E-state index contributed by atoms with van der Waals surface area (Å²) in [6.45, 7) is 1.63. The van der Waals surface area contributed by atoms with Crippen LogP contribution in [0.15, 0.2) is 18.2 Å². The molecule has 1 aliphatic carbocycles. The van der Waals surface area contributed by atoms with E-state index < -0.39 is 0 Å². The van der Waals surface area contributed by atoms with Gasteiger partial charge in [0.2, 0.25) is 0 Å². The first-order valence-electron chi connectivity index (χ1n) is 6.32. The minimum atomic E-state index is -0.349. The van der Waals surface area contributed by atoms with E-state index in [4.69, 9.17) is 0 Å². The van der Waals surface area contributed by atoms with E-state index in [1.165, 1.54) is 5.56 Å². The molecule has 4 heteroatoms. The number of Topliss-reactive ketones (excluding diaryl/α,β-unsaturated/α-hetero) is 1. The summed E-state index contributed by atoms with van der Waals surface area (Å²) in [6, 6.07) is 5.12. The fourth-order valence-corrected chi connectivity index (χ4v) is 2.68. The summed E-state index contributed by atoms with van der Waals surface area (Å²) in [5.41, 5.74) is 2.45. The van der Waals surface area contributed by atoms with Gasteiger partial charge in [-0.05, 0) is 49.7 Å². The minimum absolute atomic E-state index is 0.166. The summed E-state index contributed by atoms with van der Waals surface area (Å²) in [5, 5.41) is 10.7. The number of nitrogens with zero attached hydrogens (tertiary/aromatic N) is 1. The molecule has 0 radical (unpaired) electrons. The molecule has 0 amide bonds. The molecule has 1 unspecified atom stereocenters. The van der Waals surface area contributed by atoms with Gasteiger partial charge >= 0.3 is 0 Å². The normalized spacial score (nSPS) is 18.8. The molecule has 1 atom stereocenters. The van der Waals surface area contributed by atoms with Crippen LogP contribution in [0.1, 0.15) is 37.3 Å². The lowest BCUT2D eigenvalue weighted by atomic mass is 9.94. The van der Waals surface area contributed by atoms with Gasteiger partial charge in [0, 0.05) is 18.6 Å². The van der Waals surface area contributed by atoms with Gasteiger partial charge in [-0.2, -0.15) is 0 Å². The third-order valence-electron chi connectivity index (χ3n) is 3.62. The molecule has 1 aliphatic rings. The lowest BCUT2D eigenvalue weighted by Crippen LogP contribution is -2.05. The van der Waals surface area contributed by atoms with Gasteiger partial charge in [-0.15, -0.1) is 0 Å². The Bertz CT molecular complexity index is 482. The summed E-state index contributed by atoms with van der Waals surface area (Å²) in [4.78, 5) is 21.5. The van der Waals surface area contributed by atoms with Crippen LogP contribution in [0, 0.1) is 16.0 Å². The van der Waals surface area contributed by atoms with Crippen LogP contribution in [0.25, 0.3) is 0 Å². The predicted octanol–water partition coefficient (Wildman–Crippen LogP) is 3.07. The molecule has 0 aliphatic heterocycles. The van der Waals surface area contributed by atoms with Crippen molar-refractivity contribution in [2.45, 2.75) is 39.0 Å². The first-order valence-corrected chi connectivity index (χ1v) is 6.32. The molecule has 0 spiro atoms. The van der Waals surface area contributed by atoms with Crippen molar-refractivity contribution in [1.82, 2.24) is 0 Å². The van der Waals surface area contributed by atoms with Crippen LogP contribution in [0.3, 0.4) is 0 Å². The van der Waals surface area contributed by atoms with Crippen molar-refractivity contribution in [3.05, 3.63) is 39.4 Å². The molecule has 1 aromatic rings. The third-order valence-corrected chi connectivity index (χ3v) is 3.62. The number of fused-ring (bicyclic) bond motifs is 1. The Balaban J connectivity index is 2.15. The molecule has 18 heavy (non-hydrogen) atoms. The monoisotopic (exact) mass is 247 g/mol. The number of nitro benzene ring substituents is 1. The number of benzene rings is 1. The molecule has 0 aromatic heterocycles. The average Bonchev–Trinajstić information content (AvgIpc) is 2.50. The van der Waals surface area contributed by atoms with E-state index in [1.807, 2.05) is 6.07 Å².